The van der Waals surface area contributed by atoms with Gasteiger partial charge in [-0.1, -0.05) is 36.4 Å². The number of halogens is 3. The largest absolute Gasteiger partial charge is 0.479 e. The van der Waals surface area contributed by atoms with Crippen LogP contribution in [0.25, 0.3) is 22.3 Å². The van der Waals surface area contributed by atoms with Crippen molar-refractivity contribution in [3.8, 4) is 17.1 Å². The molecule has 0 saturated heterocycles. The topological polar surface area (TPSA) is 93.8 Å². The first-order chi connectivity index (χ1) is 16.6. The van der Waals surface area contributed by atoms with Crippen molar-refractivity contribution in [3.05, 3.63) is 94.3 Å². The number of fused-ring (bicyclic) bond motifs is 1. The summed E-state index contributed by atoms with van der Waals surface area (Å²) in [5, 5.41) is 13.6. The number of carboxylic acid groups (broad SMARTS) is 1. The third-order valence-corrected chi connectivity index (χ3v) is 5.08. The highest BCUT2D eigenvalue weighted by atomic mass is 19.4. The summed E-state index contributed by atoms with van der Waals surface area (Å²) in [6, 6.07) is 17.3. The van der Waals surface area contributed by atoms with Crippen LogP contribution in [0.2, 0.25) is 0 Å². The van der Waals surface area contributed by atoms with Gasteiger partial charge < -0.3 is 9.84 Å². The van der Waals surface area contributed by atoms with Crippen molar-refractivity contribution in [2.75, 3.05) is 0 Å². The van der Waals surface area contributed by atoms with Gasteiger partial charge in [-0.2, -0.15) is 22.9 Å². The number of rotatable bonds is 6. The average Bonchev–Trinajstić information content (AvgIpc) is 2.83. The first kappa shape index (κ1) is 23.7. The first-order valence-electron chi connectivity index (χ1n) is 10.4. The van der Waals surface area contributed by atoms with Gasteiger partial charge in [0.05, 0.1) is 22.7 Å². The van der Waals surface area contributed by atoms with Gasteiger partial charge in [0, 0.05) is 11.1 Å². The van der Waals surface area contributed by atoms with E-state index >= 15 is 0 Å². The molecule has 4 aromatic rings. The molecule has 0 radical (unpaired) electrons. The number of carboxylic acids is 1. The summed E-state index contributed by atoms with van der Waals surface area (Å²) in [4.78, 5) is 28.8. The molecule has 0 aliphatic carbocycles. The minimum Gasteiger partial charge on any atom is -0.479 e. The van der Waals surface area contributed by atoms with Crippen molar-refractivity contribution in [3.63, 3.8) is 0 Å². The van der Waals surface area contributed by atoms with Crippen LogP contribution < -0.4 is 10.3 Å². The van der Waals surface area contributed by atoms with Crippen LogP contribution in [-0.2, 0) is 11.0 Å². The molecule has 0 saturated carbocycles. The molecule has 1 atom stereocenters. The van der Waals surface area contributed by atoms with Crippen molar-refractivity contribution in [1.29, 1.82) is 0 Å². The molecule has 10 heteroatoms. The molecule has 0 aliphatic heterocycles. The number of nitrogens with zero attached hydrogens (tertiary/aromatic N) is 3. The fourth-order valence-corrected chi connectivity index (χ4v) is 3.31. The Hall–Kier alpha value is -4.47. The van der Waals surface area contributed by atoms with Gasteiger partial charge in [-0.15, -0.1) is 0 Å². The van der Waals surface area contributed by atoms with Gasteiger partial charge in [0.2, 0.25) is 0 Å². The fraction of sp³-hybridized carbons (Fsp3) is 0.120. The van der Waals surface area contributed by atoms with Crippen LogP contribution in [0.5, 0.6) is 5.75 Å². The molecule has 35 heavy (non-hydrogen) atoms. The van der Waals surface area contributed by atoms with E-state index in [2.05, 4.69) is 10.1 Å². The van der Waals surface area contributed by atoms with E-state index < -0.39 is 29.4 Å². The zero-order chi connectivity index (χ0) is 25.2. The number of hydrogen-bond donors (Lipinski definition) is 1. The first-order valence-corrected chi connectivity index (χ1v) is 10.4. The number of aromatic nitrogens is 2. The van der Waals surface area contributed by atoms with E-state index in [4.69, 9.17) is 9.84 Å². The SMILES string of the molecule is C[C@@H](Oc1ccccc1C=Nn1c(-c2cccc(C(F)(F)F)c2)nc2ccccc2c1=O)C(=O)O. The van der Waals surface area contributed by atoms with Crippen LogP contribution >= 0.6 is 0 Å². The minimum absolute atomic E-state index is 0.0452. The Kier molecular flexibility index (Phi) is 6.37. The summed E-state index contributed by atoms with van der Waals surface area (Å²) in [6.07, 6.45) is -4.47. The van der Waals surface area contributed by atoms with Gasteiger partial charge in [0.1, 0.15) is 5.75 Å². The Morgan fingerprint density at radius 1 is 1.09 bits per heavy atom. The average molecular weight is 481 g/mol. The van der Waals surface area contributed by atoms with E-state index in [1.807, 2.05) is 0 Å². The van der Waals surface area contributed by atoms with Gasteiger partial charge >= 0.3 is 12.1 Å². The predicted molar refractivity (Wildman–Crippen MR) is 124 cm³/mol. The Labute approximate surface area is 196 Å². The van der Waals surface area contributed by atoms with Crippen LogP contribution in [0, 0.1) is 0 Å². The van der Waals surface area contributed by atoms with Crippen LogP contribution in [0.15, 0.2) is 82.7 Å². The number of ether oxygens (including phenoxy) is 1. The number of benzene rings is 3. The van der Waals surface area contributed by atoms with E-state index in [-0.39, 0.29) is 22.5 Å². The van der Waals surface area contributed by atoms with Crippen molar-refractivity contribution in [2.24, 2.45) is 5.10 Å². The molecule has 1 heterocycles. The molecule has 7 nitrogen and oxygen atoms in total. The standard InChI is InChI=1S/C25H18F3N3O4/c1-15(24(33)34)35-21-12-5-2-7-17(21)14-29-31-22(16-8-6-9-18(13-16)25(26,27)28)30-20-11-4-3-10-19(20)23(31)32/h2-15H,1H3,(H,33,34)/t15-/m1/s1. The van der Waals surface area contributed by atoms with Gasteiger partial charge in [-0.25, -0.2) is 9.78 Å². The van der Waals surface area contributed by atoms with Crippen molar-refractivity contribution in [2.45, 2.75) is 19.2 Å². The summed E-state index contributed by atoms with van der Waals surface area (Å²) in [6.45, 7) is 1.36. The second-order valence-corrected chi connectivity index (χ2v) is 7.53. The smallest absolute Gasteiger partial charge is 0.416 e. The molecule has 0 amide bonds. The van der Waals surface area contributed by atoms with Crippen LogP contribution in [0.4, 0.5) is 13.2 Å². The number of hydrogen-bond acceptors (Lipinski definition) is 5. The Morgan fingerprint density at radius 2 is 1.80 bits per heavy atom. The summed E-state index contributed by atoms with van der Waals surface area (Å²) >= 11 is 0. The van der Waals surface area contributed by atoms with Gasteiger partial charge in [-0.3, -0.25) is 4.79 Å². The summed E-state index contributed by atoms with van der Waals surface area (Å²) in [7, 11) is 0. The molecule has 178 valence electrons. The molecule has 1 N–H and O–H groups in total. The molecular weight excluding hydrogens is 463 g/mol. The quantitative estimate of drug-likeness (QED) is 0.399. The fourth-order valence-electron chi connectivity index (χ4n) is 3.31. The second-order valence-electron chi connectivity index (χ2n) is 7.53. The Morgan fingerprint density at radius 3 is 2.54 bits per heavy atom. The maximum atomic E-state index is 13.3. The van der Waals surface area contributed by atoms with E-state index in [1.165, 1.54) is 37.4 Å². The highest BCUT2D eigenvalue weighted by Gasteiger charge is 2.31. The monoisotopic (exact) mass is 481 g/mol. The zero-order valence-corrected chi connectivity index (χ0v) is 18.2. The molecule has 0 aliphatic rings. The van der Waals surface area contributed by atoms with Gasteiger partial charge in [0.15, 0.2) is 11.9 Å². The van der Waals surface area contributed by atoms with E-state index in [0.717, 1.165) is 16.8 Å². The number of aliphatic carboxylic acids is 1. The van der Waals surface area contributed by atoms with Crippen LogP contribution in [0.3, 0.4) is 0 Å². The molecule has 0 unspecified atom stereocenters. The highest BCUT2D eigenvalue weighted by molar-refractivity contribution is 5.85. The number of carbonyl (C=O) groups is 1. The molecule has 0 fully saturated rings. The second kappa shape index (κ2) is 9.41. The normalized spacial score (nSPS) is 12.7. The summed E-state index contributed by atoms with van der Waals surface area (Å²) < 4.78 is 46.3. The molecule has 0 bridgehead atoms. The lowest BCUT2D eigenvalue weighted by molar-refractivity contribution is -0.144. The summed E-state index contributed by atoms with van der Waals surface area (Å²) in [5.41, 5.74) is -0.777. The van der Waals surface area contributed by atoms with E-state index in [1.54, 1.807) is 36.4 Å². The number of alkyl halides is 3. The highest BCUT2D eigenvalue weighted by Crippen LogP contribution is 2.32. The third kappa shape index (κ3) is 5.06. The predicted octanol–water partition coefficient (Wildman–Crippen LogP) is 4.82. The summed E-state index contributed by atoms with van der Waals surface area (Å²) in [5.74, 6) is -1.06. The maximum Gasteiger partial charge on any atom is 0.416 e. The van der Waals surface area contributed by atoms with Crippen LogP contribution in [0.1, 0.15) is 18.1 Å². The maximum absolute atomic E-state index is 13.3. The lowest BCUT2D eigenvalue weighted by Crippen LogP contribution is -2.23. The Balaban J connectivity index is 1.88. The molecule has 1 aromatic heterocycles. The van der Waals surface area contributed by atoms with E-state index in [0.29, 0.717) is 11.1 Å². The Bertz CT molecular complexity index is 1500. The minimum atomic E-state index is -4.58. The van der Waals surface area contributed by atoms with E-state index in [9.17, 15) is 22.8 Å². The number of para-hydroxylation sites is 2. The van der Waals surface area contributed by atoms with Gasteiger partial charge in [-0.05, 0) is 43.3 Å². The molecule has 4 rings (SSSR count). The van der Waals surface area contributed by atoms with Gasteiger partial charge in [0.25, 0.3) is 5.56 Å². The van der Waals surface area contributed by atoms with Crippen molar-refractivity contribution >= 4 is 23.1 Å². The molecule has 0 spiro atoms. The molecule has 3 aromatic carbocycles. The lowest BCUT2D eigenvalue weighted by atomic mass is 10.1. The van der Waals surface area contributed by atoms with Crippen LogP contribution in [-0.4, -0.2) is 33.1 Å². The van der Waals surface area contributed by atoms with Crippen molar-refractivity contribution in [1.82, 2.24) is 9.66 Å². The lowest BCUT2D eigenvalue weighted by Gasteiger charge is -2.13. The van der Waals surface area contributed by atoms with Crippen molar-refractivity contribution < 1.29 is 27.8 Å². The molecular formula is C25H18F3N3O4. The third-order valence-electron chi connectivity index (χ3n) is 5.08. The zero-order valence-electron chi connectivity index (χ0n) is 18.2.